The summed E-state index contributed by atoms with van der Waals surface area (Å²) in [6, 6.07) is 7.79. The molecule has 0 fully saturated rings. The SMILES string of the molecule is N/C(=N\OC(=O)CCl)c1ccc(Cn2cc(C(F)(F)F)ccc2=O)cc1. The maximum absolute atomic E-state index is 12.7. The van der Waals surface area contributed by atoms with Crippen LogP contribution in [0.15, 0.2) is 52.5 Å². The Morgan fingerprint density at radius 2 is 1.85 bits per heavy atom. The molecule has 0 radical (unpaired) electrons. The minimum atomic E-state index is -4.54. The van der Waals surface area contributed by atoms with Crippen LogP contribution in [0, 0.1) is 0 Å². The monoisotopic (exact) mass is 387 g/mol. The van der Waals surface area contributed by atoms with E-state index >= 15 is 0 Å². The molecule has 0 aliphatic heterocycles. The van der Waals surface area contributed by atoms with E-state index < -0.39 is 23.3 Å². The Morgan fingerprint density at radius 1 is 1.19 bits per heavy atom. The lowest BCUT2D eigenvalue weighted by atomic mass is 10.1. The molecule has 0 bridgehead atoms. The van der Waals surface area contributed by atoms with Crippen LogP contribution in [0.2, 0.25) is 0 Å². The van der Waals surface area contributed by atoms with Gasteiger partial charge in [-0.25, -0.2) is 4.79 Å². The highest BCUT2D eigenvalue weighted by atomic mass is 35.5. The molecule has 0 saturated heterocycles. The van der Waals surface area contributed by atoms with Crippen molar-refractivity contribution in [2.24, 2.45) is 10.9 Å². The van der Waals surface area contributed by atoms with Gasteiger partial charge in [-0.3, -0.25) is 4.79 Å². The molecule has 10 heteroatoms. The predicted molar refractivity (Wildman–Crippen MR) is 88.8 cm³/mol. The molecule has 138 valence electrons. The Kier molecular flexibility index (Phi) is 6.04. The van der Waals surface area contributed by atoms with E-state index in [-0.39, 0.29) is 18.3 Å². The van der Waals surface area contributed by atoms with Crippen molar-refractivity contribution in [3.8, 4) is 0 Å². The topological polar surface area (TPSA) is 86.7 Å². The molecule has 0 spiro atoms. The number of hydrogen-bond donors (Lipinski definition) is 1. The minimum Gasteiger partial charge on any atom is -0.380 e. The Hall–Kier alpha value is -2.81. The summed E-state index contributed by atoms with van der Waals surface area (Å²) >= 11 is 5.25. The molecule has 0 saturated carbocycles. The van der Waals surface area contributed by atoms with E-state index in [1.165, 1.54) is 12.1 Å². The number of nitrogens with zero attached hydrogens (tertiary/aromatic N) is 2. The van der Waals surface area contributed by atoms with Crippen LogP contribution in [-0.4, -0.2) is 22.3 Å². The zero-order chi connectivity index (χ0) is 19.3. The van der Waals surface area contributed by atoms with Crippen molar-refractivity contribution < 1.29 is 22.8 Å². The molecule has 1 heterocycles. The maximum atomic E-state index is 12.7. The number of halogens is 4. The fourth-order valence-electron chi connectivity index (χ4n) is 1.98. The summed E-state index contributed by atoms with van der Waals surface area (Å²) in [7, 11) is 0. The minimum absolute atomic E-state index is 0.0543. The normalized spacial score (nSPS) is 12.1. The van der Waals surface area contributed by atoms with Gasteiger partial charge < -0.3 is 15.1 Å². The van der Waals surface area contributed by atoms with Gasteiger partial charge in [0.15, 0.2) is 5.84 Å². The van der Waals surface area contributed by atoms with E-state index in [1.54, 1.807) is 12.1 Å². The zero-order valence-corrected chi connectivity index (χ0v) is 13.9. The Bertz CT molecular complexity index is 877. The van der Waals surface area contributed by atoms with E-state index in [2.05, 4.69) is 9.99 Å². The number of amidine groups is 1. The fourth-order valence-corrected chi connectivity index (χ4v) is 2.03. The van der Waals surface area contributed by atoms with Crippen molar-refractivity contribution >= 4 is 23.4 Å². The van der Waals surface area contributed by atoms with Gasteiger partial charge in [-0.05, 0) is 11.6 Å². The van der Waals surface area contributed by atoms with Crippen molar-refractivity contribution in [3.63, 3.8) is 0 Å². The van der Waals surface area contributed by atoms with Gasteiger partial charge in [0.2, 0.25) is 0 Å². The average Bonchev–Trinajstić information content (AvgIpc) is 2.60. The number of alkyl halides is 4. The number of rotatable bonds is 5. The van der Waals surface area contributed by atoms with Crippen LogP contribution in [0.3, 0.4) is 0 Å². The third kappa shape index (κ3) is 5.09. The highest BCUT2D eigenvalue weighted by Crippen LogP contribution is 2.28. The third-order valence-corrected chi connectivity index (χ3v) is 3.49. The lowest BCUT2D eigenvalue weighted by Crippen LogP contribution is -2.22. The average molecular weight is 388 g/mol. The fraction of sp³-hybridized carbons (Fsp3) is 0.188. The van der Waals surface area contributed by atoms with E-state index in [1.807, 2.05) is 0 Å². The number of nitrogens with two attached hydrogens (primary N) is 1. The Morgan fingerprint density at radius 3 is 2.42 bits per heavy atom. The van der Waals surface area contributed by atoms with Crippen LogP contribution >= 0.6 is 11.6 Å². The van der Waals surface area contributed by atoms with Crippen molar-refractivity contribution in [3.05, 3.63) is 69.6 Å². The molecular formula is C16H13ClF3N3O3. The van der Waals surface area contributed by atoms with Crippen LogP contribution < -0.4 is 11.3 Å². The molecule has 0 aliphatic carbocycles. The lowest BCUT2D eigenvalue weighted by molar-refractivity contribution is -0.140. The lowest BCUT2D eigenvalue weighted by Gasteiger charge is -2.11. The largest absolute Gasteiger partial charge is 0.417 e. The van der Waals surface area contributed by atoms with Gasteiger partial charge in [-0.15, -0.1) is 11.6 Å². The smallest absolute Gasteiger partial charge is 0.380 e. The summed E-state index contributed by atoms with van der Waals surface area (Å²) in [6.07, 6.45) is -3.78. The molecule has 2 aromatic rings. The van der Waals surface area contributed by atoms with Crippen molar-refractivity contribution in [2.75, 3.05) is 5.88 Å². The first kappa shape index (κ1) is 19.5. The van der Waals surface area contributed by atoms with Crippen LogP contribution in [0.25, 0.3) is 0 Å². The van der Waals surface area contributed by atoms with Crippen LogP contribution in [0.4, 0.5) is 13.2 Å². The summed E-state index contributed by atoms with van der Waals surface area (Å²) in [5.41, 5.74) is 5.17. The number of benzene rings is 1. The first-order valence-electron chi connectivity index (χ1n) is 7.17. The third-order valence-electron chi connectivity index (χ3n) is 3.27. The first-order valence-corrected chi connectivity index (χ1v) is 7.70. The second kappa shape index (κ2) is 8.05. The molecule has 1 aromatic heterocycles. The standard InChI is InChI=1S/C16H13ClF3N3O3/c17-7-14(25)26-22-15(21)11-3-1-10(2-4-11)8-23-9-12(16(18,19)20)5-6-13(23)24/h1-6,9H,7-8H2,(H2,21,22). The van der Waals surface area contributed by atoms with Crippen molar-refractivity contribution in [1.82, 2.24) is 4.57 Å². The number of carbonyl (C=O) groups is 1. The molecule has 26 heavy (non-hydrogen) atoms. The van der Waals surface area contributed by atoms with Gasteiger partial charge >= 0.3 is 12.1 Å². The molecule has 0 atom stereocenters. The summed E-state index contributed by atoms with van der Waals surface area (Å²) in [4.78, 5) is 27.1. The number of oxime groups is 1. The van der Waals surface area contributed by atoms with E-state index in [9.17, 15) is 22.8 Å². The van der Waals surface area contributed by atoms with Crippen molar-refractivity contribution in [2.45, 2.75) is 12.7 Å². The first-order chi connectivity index (χ1) is 12.2. The van der Waals surface area contributed by atoms with Crippen LogP contribution in [0.1, 0.15) is 16.7 Å². The molecular weight excluding hydrogens is 375 g/mol. The second-order valence-corrected chi connectivity index (χ2v) is 5.42. The van der Waals surface area contributed by atoms with E-state index in [0.29, 0.717) is 11.1 Å². The summed E-state index contributed by atoms with van der Waals surface area (Å²) in [5.74, 6) is -1.22. The zero-order valence-electron chi connectivity index (χ0n) is 13.2. The van der Waals surface area contributed by atoms with Gasteiger partial charge in [0, 0.05) is 17.8 Å². The molecule has 6 nitrogen and oxygen atoms in total. The van der Waals surface area contributed by atoms with E-state index in [0.717, 1.165) is 22.9 Å². The second-order valence-electron chi connectivity index (χ2n) is 5.15. The van der Waals surface area contributed by atoms with Gasteiger partial charge in [0.05, 0.1) is 12.1 Å². The molecule has 0 amide bonds. The molecule has 1 aromatic carbocycles. The highest BCUT2D eigenvalue weighted by molar-refractivity contribution is 6.26. The summed E-state index contributed by atoms with van der Waals surface area (Å²) in [6.45, 7) is -0.0543. The maximum Gasteiger partial charge on any atom is 0.417 e. The van der Waals surface area contributed by atoms with Gasteiger partial charge in [0.25, 0.3) is 5.56 Å². The summed E-state index contributed by atoms with van der Waals surface area (Å²) in [5, 5.41) is 3.41. The molecule has 0 aliphatic rings. The molecule has 0 unspecified atom stereocenters. The van der Waals surface area contributed by atoms with Gasteiger partial charge in [-0.1, -0.05) is 29.4 Å². The Labute approximate surface area is 150 Å². The van der Waals surface area contributed by atoms with Gasteiger partial charge in [-0.2, -0.15) is 13.2 Å². The highest BCUT2D eigenvalue weighted by Gasteiger charge is 2.31. The van der Waals surface area contributed by atoms with E-state index in [4.69, 9.17) is 17.3 Å². The number of carbonyl (C=O) groups excluding carboxylic acids is 1. The number of aromatic nitrogens is 1. The van der Waals surface area contributed by atoms with Gasteiger partial charge in [0.1, 0.15) is 5.88 Å². The Balaban J connectivity index is 2.17. The van der Waals surface area contributed by atoms with Crippen LogP contribution in [0.5, 0.6) is 0 Å². The molecule has 2 rings (SSSR count). The predicted octanol–water partition coefficient (Wildman–Crippen LogP) is 2.32. The van der Waals surface area contributed by atoms with Crippen LogP contribution in [-0.2, 0) is 22.4 Å². The van der Waals surface area contributed by atoms with Crippen molar-refractivity contribution in [1.29, 1.82) is 0 Å². The quantitative estimate of drug-likeness (QED) is 0.280. The number of pyridine rings is 1. The number of hydrogen-bond acceptors (Lipinski definition) is 4. The summed E-state index contributed by atoms with van der Waals surface area (Å²) < 4.78 is 39.2. The molecule has 2 N–H and O–H groups in total.